The van der Waals surface area contributed by atoms with Crippen LogP contribution in [-0.4, -0.2) is 23.3 Å². The van der Waals surface area contributed by atoms with E-state index in [1.165, 1.54) is 5.56 Å². The van der Waals surface area contributed by atoms with Crippen molar-refractivity contribution >= 4 is 33.4 Å². The van der Waals surface area contributed by atoms with Crippen LogP contribution in [0.15, 0.2) is 71.2 Å². The summed E-state index contributed by atoms with van der Waals surface area (Å²) >= 11 is 3.47. The van der Waals surface area contributed by atoms with Crippen molar-refractivity contribution in [1.82, 2.24) is 4.90 Å². The van der Waals surface area contributed by atoms with Crippen molar-refractivity contribution in [3.63, 3.8) is 0 Å². The Kier molecular flexibility index (Phi) is 4.70. The molecule has 0 saturated heterocycles. The molecule has 1 N–H and O–H groups in total. The van der Waals surface area contributed by atoms with Gasteiger partial charge in [0.05, 0.1) is 12.0 Å². The molecule has 0 spiro atoms. The summed E-state index contributed by atoms with van der Waals surface area (Å²) in [7, 11) is 0. The number of nitrogens with zero attached hydrogens (tertiary/aromatic N) is 1. The van der Waals surface area contributed by atoms with E-state index in [-0.39, 0.29) is 17.9 Å². The maximum absolute atomic E-state index is 13.7. The number of nitrogens with one attached hydrogen (secondary N) is 1. The standard InChI is InChI=1S/C25H21BrN2O2/c1-15-14-17(26)10-11-21(15)27-24(29)22-19-8-4-5-9-20(19)25(30)28-13-12-16-6-2-3-7-18(16)23(22)28/h2-11,14,22-23H,12-13H2,1H3,(H,27,29)/t22-,23-/m1/s1. The molecule has 5 heteroatoms. The van der Waals surface area contributed by atoms with Crippen LogP contribution in [0.2, 0.25) is 0 Å². The lowest BCUT2D eigenvalue weighted by Crippen LogP contribution is -2.49. The molecule has 0 fully saturated rings. The first kappa shape index (κ1) is 19.1. The van der Waals surface area contributed by atoms with Crippen LogP contribution in [0.3, 0.4) is 0 Å². The van der Waals surface area contributed by atoms with Gasteiger partial charge >= 0.3 is 0 Å². The molecular weight excluding hydrogens is 440 g/mol. The van der Waals surface area contributed by atoms with Gasteiger partial charge in [0.1, 0.15) is 0 Å². The number of fused-ring (bicyclic) bond motifs is 4. The molecule has 3 aromatic rings. The topological polar surface area (TPSA) is 49.4 Å². The smallest absolute Gasteiger partial charge is 0.254 e. The Morgan fingerprint density at radius 1 is 1.03 bits per heavy atom. The molecule has 0 aliphatic carbocycles. The molecule has 150 valence electrons. The number of hydrogen-bond donors (Lipinski definition) is 1. The van der Waals surface area contributed by atoms with Gasteiger partial charge in [0.25, 0.3) is 5.91 Å². The van der Waals surface area contributed by atoms with Crippen molar-refractivity contribution in [2.45, 2.75) is 25.3 Å². The maximum Gasteiger partial charge on any atom is 0.254 e. The molecule has 30 heavy (non-hydrogen) atoms. The molecule has 0 unspecified atom stereocenters. The number of amides is 2. The van der Waals surface area contributed by atoms with Crippen LogP contribution < -0.4 is 5.32 Å². The molecule has 2 atom stereocenters. The Morgan fingerprint density at radius 3 is 2.57 bits per heavy atom. The SMILES string of the molecule is Cc1cc(Br)ccc1NC(=O)[C@@H]1c2ccccc2C(=O)N2CCc3ccccc3[C@H]12. The van der Waals surface area contributed by atoms with Gasteiger partial charge in [-0.2, -0.15) is 0 Å². The average molecular weight is 461 g/mol. The fraction of sp³-hybridized carbons (Fsp3) is 0.200. The van der Waals surface area contributed by atoms with E-state index >= 15 is 0 Å². The van der Waals surface area contributed by atoms with E-state index in [1.54, 1.807) is 0 Å². The highest BCUT2D eigenvalue weighted by Crippen LogP contribution is 2.46. The summed E-state index contributed by atoms with van der Waals surface area (Å²) in [6.07, 6.45) is 0.806. The molecule has 2 aliphatic rings. The van der Waals surface area contributed by atoms with Crippen molar-refractivity contribution in [1.29, 1.82) is 0 Å². The third-order valence-electron chi connectivity index (χ3n) is 6.16. The first-order valence-electron chi connectivity index (χ1n) is 10.1. The fourth-order valence-electron chi connectivity index (χ4n) is 4.74. The zero-order valence-corrected chi connectivity index (χ0v) is 18.1. The number of hydrogen-bond acceptors (Lipinski definition) is 2. The molecule has 2 heterocycles. The van der Waals surface area contributed by atoms with Gasteiger partial charge in [-0.3, -0.25) is 9.59 Å². The Balaban J connectivity index is 1.63. The van der Waals surface area contributed by atoms with Gasteiger partial charge in [0.15, 0.2) is 0 Å². The normalized spacial score (nSPS) is 19.5. The Bertz CT molecular complexity index is 1170. The second-order valence-corrected chi connectivity index (χ2v) is 8.82. The number of carbonyl (C=O) groups is 2. The van der Waals surface area contributed by atoms with Gasteiger partial charge in [-0.15, -0.1) is 0 Å². The summed E-state index contributed by atoms with van der Waals surface area (Å²) < 4.78 is 0.971. The van der Waals surface area contributed by atoms with E-state index < -0.39 is 5.92 Å². The van der Waals surface area contributed by atoms with Crippen molar-refractivity contribution in [2.24, 2.45) is 0 Å². The predicted octanol–water partition coefficient (Wildman–Crippen LogP) is 5.23. The van der Waals surface area contributed by atoms with Gasteiger partial charge in [-0.1, -0.05) is 58.4 Å². The summed E-state index contributed by atoms with van der Waals surface area (Å²) in [6.45, 7) is 2.59. The molecule has 2 amide bonds. The van der Waals surface area contributed by atoms with Gasteiger partial charge in [-0.05, 0) is 59.9 Å². The van der Waals surface area contributed by atoms with Crippen LogP contribution in [-0.2, 0) is 11.2 Å². The first-order chi connectivity index (χ1) is 14.5. The first-order valence-corrected chi connectivity index (χ1v) is 10.9. The quantitative estimate of drug-likeness (QED) is 0.568. The molecule has 5 rings (SSSR count). The Hall–Kier alpha value is -2.92. The van der Waals surface area contributed by atoms with Gasteiger partial charge in [0.2, 0.25) is 5.91 Å². The summed E-state index contributed by atoms with van der Waals surface area (Å²) in [5, 5.41) is 3.13. The third kappa shape index (κ3) is 3.05. The van der Waals surface area contributed by atoms with E-state index in [0.29, 0.717) is 12.1 Å². The van der Waals surface area contributed by atoms with Crippen LogP contribution in [0.4, 0.5) is 5.69 Å². The number of rotatable bonds is 2. The van der Waals surface area contributed by atoms with Crippen LogP contribution >= 0.6 is 15.9 Å². The summed E-state index contributed by atoms with van der Waals surface area (Å²) in [5.41, 5.74) is 5.48. The zero-order valence-electron chi connectivity index (χ0n) is 16.6. The minimum Gasteiger partial charge on any atom is -0.330 e. The summed E-state index contributed by atoms with van der Waals surface area (Å²) in [5.74, 6) is -0.551. The van der Waals surface area contributed by atoms with Crippen molar-refractivity contribution in [2.75, 3.05) is 11.9 Å². The number of carbonyl (C=O) groups excluding carboxylic acids is 2. The van der Waals surface area contributed by atoms with E-state index in [2.05, 4.69) is 33.4 Å². The molecule has 2 aliphatic heterocycles. The third-order valence-corrected chi connectivity index (χ3v) is 6.66. The van der Waals surface area contributed by atoms with E-state index in [9.17, 15) is 9.59 Å². The van der Waals surface area contributed by atoms with Crippen LogP contribution in [0.1, 0.15) is 44.6 Å². The second kappa shape index (κ2) is 7.40. The Labute approximate surface area is 184 Å². The molecule has 3 aromatic carbocycles. The lowest BCUT2D eigenvalue weighted by molar-refractivity contribution is -0.119. The van der Waals surface area contributed by atoms with Crippen molar-refractivity contribution < 1.29 is 9.59 Å². The van der Waals surface area contributed by atoms with E-state index in [1.807, 2.05) is 66.4 Å². The fourth-order valence-corrected chi connectivity index (χ4v) is 5.21. The zero-order chi connectivity index (χ0) is 20.8. The van der Waals surface area contributed by atoms with Crippen molar-refractivity contribution in [3.05, 3.63) is 99.0 Å². The number of halogens is 1. The second-order valence-electron chi connectivity index (χ2n) is 7.91. The van der Waals surface area contributed by atoms with Crippen LogP contribution in [0.5, 0.6) is 0 Å². The molecule has 0 aromatic heterocycles. The molecule has 0 bridgehead atoms. The largest absolute Gasteiger partial charge is 0.330 e. The minimum atomic E-state index is -0.469. The van der Waals surface area contributed by atoms with Crippen molar-refractivity contribution in [3.8, 4) is 0 Å². The number of anilines is 1. The molecule has 0 radical (unpaired) electrons. The molecule has 4 nitrogen and oxygen atoms in total. The monoisotopic (exact) mass is 460 g/mol. The summed E-state index contributed by atoms with van der Waals surface area (Å²) in [4.78, 5) is 28.8. The highest BCUT2D eigenvalue weighted by atomic mass is 79.9. The molecule has 0 saturated carbocycles. The van der Waals surface area contributed by atoms with Crippen LogP contribution in [0, 0.1) is 6.92 Å². The van der Waals surface area contributed by atoms with Gasteiger partial charge < -0.3 is 10.2 Å². The maximum atomic E-state index is 13.7. The molecular formula is C25H21BrN2O2. The lowest BCUT2D eigenvalue weighted by Gasteiger charge is -2.45. The highest BCUT2D eigenvalue weighted by molar-refractivity contribution is 9.10. The number of aryl methyl sites for hydroxylation is 1. The Morgan fingerprint density at radius 2 is 1.77 bits per heavy atom. The highest BCUT2D eigenvalue weighted by Gasteiger charge is 2.46. The van der Waals surface area contributed by atoms with E-state index in [4.69, 9.17) is 0 Å². The van der Waals surface area contributed by atoms with Crippen LogP contribution in [0.25, 0.3) is 0 Å². The minimum absolute atomic E-state index is 0.00831. The van der Waals surface area contributed by atoms with Gasteiger partial charge in [-0.25, -0.2) is 0 Å². The van der Waals surface area contributed by atoms with E-state index in [0.717, 1.165) is 33.3 Å². The predicted molar refractivity (Wildman–Crippen MR) is 121 cm³/mol. The lowest BCUT2D eigenvalue weighted by atomic mass is 9.76. The van der Waals surface area contributed by atoms with Gasteiger partial charge in [0, 0.05) is 22.3 Å². The average Bonchev–Trinajstić information content (AvgIpc) is 2.76. The summed E-state index contributed by atoms with van der Waals surface area (Å²) in [6, 6.07) is 21.2. The number of benzene rings is 3.